The summed E-state index contributed by atoms with van der Waals surface area (Å²) >= 11 is 11.9. The van der Waals surface area contributed by atoms with E-state index in [0.29, 0.717) is 16.6 Å². The molecule has 1 nitrogen and oxygen atoms in total. The summed E-state index contributed by atoms with van der Waals surface area (Å²) in [6.45, 7) is 4.53. The van der Waals surface area contributed by atoms with Gasteiger partial charge in [0.2, 0.25) is 0 Å². The predicted molar refractivity (Wildman–Crippen MR) is 66.3 cm³/mol. The molecule has 0 saturated carbocycles. The lowest BCUT2D eigenvalue weighted by Crippen LogP contribution is -2.19. The van der Waals surface area contributed by atoms with E-state index in [0.717, 1.165) is 5.56 Å². The molecule has 0 heterocycles. The lowest BCUT2D eigenvalue weighted by atomic mass is 10.1. The summed E-state index contributed by atoms with van der Waals surface area (Å²) in [7, 11) is 0. The molecule has 0 bridgehead atoms. The Morgan fingerprint density at radius 2 is 2.13 bits per heavy atom. The van der Waals surface area contributed by atoms with Crippen LogP contribution >= 0.6 is 23.2 Å². The first kappa shape index (κ1) is 12.4. The van der Waals surface area contributed by atoms with Crippen LogP contribution < -0.4 is 5.32 Å². The van der Waals surface area contributed by atoms with Gasteiger partial charge in [0.1, 0.15) is 0 Å². The molecule has 0 fully saturated rings. The van der Waals surface area contributed by atoms with Crippen LogP contribution in [0.5, 0.6) is 0 Å². The van der Waals surface area contributed by atoms with Crippen molar-refractivity contribution in [3.63, 3.8) is 0 Å². The van der Waals surface area contributed by atoms with E-state index in [1.165, 1.54) is 0 Å². The minimum atomic E-state index is 0.176. The van der Waals surface area contributed by atoms with E-state index < -0.39 is 0 Å². The number of nitrogens with one attached hydrogen (secondary N) is 1. The normalized spacial score (nSPS) is 11.7. The summed E-state index contributed by atoms with van der Waals surface area (Å²) in [6.07, 6.45) is 0. The minimum absolute atomic E-state index is 0.176. The fourth-order valence-electron chi connectivity index (χ4n) is 1.26. The van der Waals surface area contributed by atoms with Crippen molar-refractivity contribution in [2.24, 2.45) is 0 Å². The second-order valence-electron chi connectivity index (χ2n) is 3.20. The van der Waals surface area contributed by atoms with Gasteiger partial charge in [-0.2, -0.15) is 0 Å². The quantitative estimate of drug-likeness (QED) is 0.797. The molecular formula is C12H13Cl2N. The molecule has 15 heavy (non-hydrogen) atoms. The maximum Gasteiger partial charge on any atom is 0.0581 e. The average molecular weight is 242 g/mol. The predicted octanol–water partition coefficient (Wildman–Crippen LogP) is 3.67. The molecule has 3 heteroatoms. The van der Waals surface area contributed by atoms with E-state index >= 15 is 0 Å². The van der Waals surface area contributed by atoms with Crippen LogP contribution in [0.4, 0.5) is 0 Å². The highest BCUT2D eigenvalue weighted by Gasteiger charge is 2.08. The molecule has 0 aliphatic heterocycles. The van der Waals surface area contributed by atoms with E-state index in [1.54, 1.807) is 6.07 Å². The molecule has 0 spiro atoms. The average Bonchev–Trinajstić information content (AvgIpc) is 2.17. The number of benzene rings is 1. The van der Waals surface area contributed by atoms with Crippen molar-refractivity contribution in [1.29, 1.82) is 0 Å². The maximum atomic E-state index is 6.08. The monoisotopic (exact) mass is 241 g/mol. The Balaban J connectivity index is 2.71. The van der Waals surface area contributed by atoms with E-state index in [1.807, 2.05) is 26.0 Å². The van der Waals surface area contributed by atoms with Gasteiger partial charge in [-0.15, -0.1) is 5.92 Å². The summed E-state index contributed by atoms with van der Waals surface area (Å²) in [5, 5.41) is 4.60. The van der Waals surface area contributed by atoms with Crippen LogP contribution in [0.15, 0.2) is 18.2 Å². The third-order valence-corrected chi connectivity index (χ3v) is 2.66. The molecular weight excluding hydrogens is 229 g/mol. The van der Waals surface area contributed by atoms with Gasteiger partial charge in [-0.3, -0.25) is 5.32 Å². The number of hydrogen-bond acceptors (Lipinski definition) is 1. The fourth-order valence-corrected chi connectivity index (χ4v) is 1.83. The summed E-state index contributed by atoms with van der Waals surface area (Å²) in [5.74, 6) is 5.78. The number of rotatable bonds is 3. The molecule has 0 saturated heterocycles. The van der Waals surface area contributed by atoms with Gasteiger partial charge in [0.05, 0.1) is 6.54 Å². The largest absolute Gasteiger partial charge is 0.300 e. The smallest absolute Gasteiger partial charge is 0.0581 e. The van der Waals surface area contributed by atoms with Gasteiger partial charge < -0.3 is 0 Å². The Kier molecular flexibility index (Phi) is 4.98. The molecule has 1 aromatic rings. The first-order chi connectivity index (χ1) is 7.15. The Labute approximate surface area is 101 Å². The summed E-state index contributed by atoms with van der Waals surface area (Å²) in [6, 6.07) is 5.70. The zero-order valence-corrected chi connectivity index (χ0v) is 10.3. The van der Waals surface area contributed by atoms with Crippen molar-refractivity contribution in [3.05, 3.63) is 33.8 Å². The fraction of sp³-hybridized carbons (Fsp3) is 0.333. The van der Waals surface area contributed by atoms with Crippen molar-refractivity contribution in [3.8, 4) is 11.8 Å². The molecule has 0 aliphatic rings. The molecule has 0 aliphatic carbocycles. The van der Waals surface area contributed by atoms with Crippen molar-refractivity contribution in [2.75, 3.05) is 6.54 Å². The molecule has 0 amide bonds. The van der Waals surface area contributed by atoms with Gasteiger partial charge in [0, 0.05) is 16.1 Å². The van der Waals surface area contributed by atoms with E-state index in [2.05, 4.69) is 17.2 Å². The Morgan fingerprint density at radius 3 is 2.73 bits per heavy atom. The first-order valence-corrected chi connectivity index (χ1v) is 5.48. The topological polar surface area (TPSA) is 12.0 Å². The van der Waals surface area contributed by atoms with E-state index in [9.17, 15) is 0 Å². The highest BCUT2D eigenvalue weighted by molar-refractivity contribution is 6.35. The van der Waals surface area contributed by atoms with Crippen LogP contribution in [0, 0.1) is 11.8 Å². The van der Waals surface area contributed by atoms with E-state index in [-0.39, 0.29) is 6.04 Å². The van der Waals surface area contributed by atoms with Crippen LogP contribution in [0.25, 0.3) is 0 Å². The van der Waals surface area contributed by atoms with Gasteiger partial charge in [-0.25, -0.2) is 0 Å². The van der Waals surface area contributed by atoms with Crippen LogP contribution in [0.3, 0.4) is 0 Å². The second-order valence-corrected chi connectivity index (χ2v) is 4.04. The SMILES string of the molecule is CC#CCNC(C)c1ccc(Cl)cc1Cl. The van der Waals surface area contributed by atoms with Gasteiger partial charge in [-0.1, -0.05) is 35.2 Å². The molecule has 1 atom stereocenters. The lowest BCUT2D eigenvalue weighted by Gasteiger charge is -2.13. The molecule has 0 aromatic heterocycles. The molecule has 1 aromatic carbocycles. The lowest BCUT2D eigenvalue weighted by molar-refractivity contribution is 0.623. The minimum Gasteiger partial charge on any atom is -0.300 e. The van der Waals surface area contributed by atoms with Gasteiger partial charge in [0.25, 0.3) is 0 Å². The van der Waals surface area contributed by atoms with Gasteiger partial charge in [-0.05, 0) is 31.5 Å². The summed E-state index contributed by atoms with van der Waals surface area (Å²) < 4.78 is 0. The van der Waals surface area contributed by atoms with E-state index in [4.69, 9.17) is 23.2 Å². The van der Waals surface area contributed by atoms with Gasteiger partial charge in [0.15, 0.2) is 0 Å². The third kappa shape index (κ3) is 3.76. The number of hydrogen-bond donors (Lipinski definition) is 1. The van der Waals surface area contributed by atoms with Crippen LogP contribution in [0.2, 0.25) is 10.0 Å². The van der Waals surface area contributed by atoms with Crippen LogP contribution in [-0.2, 0) is 0 Å². The number of halogens is 2. The van der Waals surface area contributed by atoms with Crippen molar-refractivity contribution >= 4 is 23.2 Å². The second kappa shape index (κ2) is 6.02. The maximum absolute atomic E-state index is 6.08. The van der Waals surface area contributed by atoms with Crippen LogP contribution in [0.1, 0.15) is 25.5 Å². The van der Waals surface area contributed by atoms with Gasteiger partial charge >= 0.3 is 0 Å². The van der Waals surface area contributed by atoms with Crippen molar-refractivity contribution < 1.29 is 0 Å². The standard InChI is InChI=1S/C12H13Cl2N/c1-3-4-7-15-9(2)11-6-5-10(13)8-12(11)14/h5-6,8-9,15H,7H2,1-2H3. The molecule has 1 N–H and O–H groups in total. The highest BCUT2D eigenvalue weighted by Crippen LogP contribution is 2.25. The molecule has 1 unspecified atom stereocenters. The van der Waals surface area contributed by atoms with Crippen molar-refractivity contribution in [2.45, 2.75) is 19.9 Å². The Hall–Kier alpha value is -0.680. The third-order valence-electron chi connectivity index (χ3n) is 2.10. The summed E-state index contributed by atoms with van der Waals surface area (Å²) in [4.78, 5) is 0. The van der Waals surface area contributed by atoms with Crippen LogP contribution in [-0.4, -0.2) is 6.54 Å². The molecule has 0 radical (unpaired) electrons. The summed E-state index contributed by atoms with van der Waals surface area (Å²) in [5.41, 5.74) is 1.04. The first-order valence-electron chi connectivity index (χ1n) is 4.73. The highest BCUT2D eigenvalue weighted by atomic mass is 35.5. The zero-order chi connectivity index (χ0) is 11.3. The Bertz CT molecular complexity index is 390. The molecule has 1 rings (SSSR count). The van der Waals surface area contributed by atoms with Crippen molar-refractivity contribution in [1.82, 2.24) is 5.32 Å². The molecule has 80 valence electrons. The zero-order valence-electron chi connectivity index (χ0n) is 8.77. The Morgan fingerprint density at radius 1 is 1.40 bits per heavy atom.